The van der Waals surface area contributed by atoms with Gasteiger partial charge in [-0.3, -0.25) is 0 Å². The fourth-order valence-corrected chi connectivity index (χ4v) is 1.65. The van der Waals surface area contributed by atoms with Crippen molar-refractivity contribution in [1.82, 2.24) is 15.5 Å². The standard InChI is InChI=1S/C11H12BrN3O2/c12-9-2-1-3-10(6-9)16-5-4-13-7-11-14-8-17-15-11/h1-3,6,8,13H,4-5,7H2. The molecular weight excluding hydrogens is 286 g/mol. The van der Waals surface area contributed by atoms with E-state index in [0.29, 0.717) is 19.0 Å². The van der Waals surface area contributed by atoms with Gasteiger partial charge in [0.15, 0.2) is 5.82 Å². The Hall–Kier alpha value is -1.40. The van der Waals surface area contributed by atoms with Gasteiger partial charge in [-0.05, 0) is 18.2 Å². The van der Waals surface area contributed by atoms with Gasteiger partial charge in [0.2, 0.25) is 6.39 Å². The molecule has 1 aromatic carbocycles. The first-order valence-corrected chi connectivity index (χ1v) is 5.98. The number of hydrogen-bond donors (Lipinski definition) is 1. The van der Waals surface area contributed by atoms with Crippen LogP contribution in [0.2, 0.25) is 0 Å². The Morgan fingerprint density at radius 2 is 2.35 bits per heavy atom. The summed E-state index contributed by atoms with van der Waals surface area (Å²) in [4.78, 5) is 3.90. The molecule has 5 nitrogen and oxygen atoms in total. The summed E-state index contributed by atoms with van der Waals surface area (Å²) in [5.41, 5.74) is 0. The molecule has 0 aliphatic rings. The van der Waals surface area contributed by atoms with E-state index in [9.17, 15) is 0 Å². The summed E-state index contributed by atoms with van der Waals surface area (Å²) < 4.78 is 11.2. The number of ether oxygens (including phenoxy) is 1. The predicted molar refractivity (Wildman–Crippen MR) is 65.6 cm³/mol. The van der Waals surface area contributed by atoms with Crippen LogP contribution in [0.3, 0.4) is 0 Å². The van der Waals surface area contributed by atoms with E-state index in [1.807, 2.05) is 24.3 Å². The molecule has 1 N–H and O–H groups in total. The van der Waals surface area contributed by atoms with Crippen LogP contribution in [-0.2, 0) is 6.54 Å². The van der Waals surface area contributed by atoms with Gasteiger partial charge in [-0.25, -0.2) is 0 Å². The molecule has 2 rings (SSSR count). The Balaban J connectivity index is 1.63. The molecule has 0 bridgehead atoms. The molecule has 17 heavy (non-hydrogen) atoms. The van der Waals surface area contributed by atoms with Crippen molar-refractivity contribution in [1.29, 1.82) is 0 Å². The molecule has 0 aliphatic carbocycles. The second-order valence-electron chi connectivity index (χ2n) is 3.33. The lowest BCUT2D eigenvalue weighted by molar-refractivity contribution is 0.312. The SMILES string of the molecule is Brc1cccc(OCCNCc2ncon2)c1. The molecule has 0 aliphatic heterocycles. The number of rotatable bonds is 6. The molecule has 2 aromatic rings. The first-order chi connectivity index (χ1) is 8.34. The average molecular weight is 298 g/mol. The largest absolute Gasteiger partial charge is 0.492 e. The molecule has 6 heteroatoms. The summed E-state index contributed by atoms with van der Waals surface area (Å²) in [5, 5.41) is 6.84. The maximum Gasteiger partial charge on any atom is 0.213 e. The van der Waals surface area contributed by atoms with E-state index in [2.05, 4.69) is 35.9 Å². The van der Waals surface area contributed by atoms with E-state index in [1.165, 1.54) is 6.39 Å². The summed E-state index contributed by atoms with van der Waals surface area (Å²) in [6.07, 6.45) is 1.31. The maximum absolute atomic E-state index is 5.55. The third-order valence-electron chi connectivity index (χ3n) is 2.03. The molecule has 0 amide bonds. The van der Waals surface area contributed by atoms with Crippen LogP contribution in [0.15, 0.2) is 39.7 Å². The van der Waals surface area contributed by atoms with Gasteiger partial charge in [0, 0.05) is 11.0 Å². The fraction of sp³-hybridized carbons (Fsp3) is 0.273. The third kappa shape index (κ3) is 4.16. The molecule has 0 unspecified atom stereocenters. The van der Waals surface area contributed by atoms with Crippen molar-refractivity contribution in [2.75, 3.05) is 13.2 Å². The van der Waals surface area contributed by atoms with Crippen molar-refractivity contribution in [2.45, 2.75) is 6.54 Å². The van der Waals surface area contributed by atoms with Crippen molar-refractivity contribution in [2.24, 2.45) is 0 Å². The smallest absolute Gasteiger partial charge is 0.213 e. The topological polar surface area (TPSA) is 60.2 Å². The zero-order chi connectivity index (χ0) is 11.9. The summed E-state index contributed by atoms with van der Waals surface area (Å²) >= 11 is 3.39. The summed E-state index contributed by atoms with van der Waals surface area (Å²) in [7, 11) is 0. The van der Waals surface area contributed by atoms with E-state index >= 15 is 0 Å². The zero-order valence-electron chi connectivity index (χ0n) is 9.10. The highest BCUT2D eigenvalue weighted by Crippen LogP contribution is 2.17. The summed E-state index contributed by atoms with van der Waals surface area (Å²) in [5.74, 6) is 1.49. The predicted octanol–water partition coefficient (Wildman–Crippen LogP) is 2.00. The summed E-state index contributed by atoms with van der Waals surface area (Å²) in [6, 6.07) is 7.75. The van der Waals surface area contributed by atoms with Gasteiger partial charge in [-0.1, -0.05) is 27.2 Å². The Kier molecular flexibility index (Phi) is 4.52. The molecule has 90 valence electrons. The van der Waals surface area contributed by atoms with Crippen molar-refractivity contribution < 1.29 is 9.26 Å². The second kappa shape index (κ2) is 6.36. The number of hydrogen-bond acceptors (Lipinski definition) is 5. The van der Waals surface area contributed by atoms with Gasteiger partial charge in [0.25, 0.3) is 0 Å². The van der Waals surface area contributed by atoms with Gasteiger partial charge in [0.05, 0.1) is 6.54 Å². The molecule has 0 saturated carbocycles. The van der Waals surface area contributed by atoms with Crippen LogP contribution in [0.1, 0.15) is 5.82 Å². The second-order valence-corrected chi connectivity index (χ2v) is 4.25. The van der Waals surface area contributed by atoms with Crippen molar-refractivity contribution in [3.05, 3.63) is 41.0 Å². The normalized spacial score (nSPS) is 10.4. The highest BCUT2D eigenvalue weighted by Gasteiger charge is 1.97. The van der Waals surface area contributed by atoms with Crippen LogP contribution in [-0.4, -0.2) is 23.3 Å². The van der Waals surface area contributed by atoms with Gasteiger partial charge in [0.1, 0.15) is 12.4 Å². The van der Waals surface area contributed by atoms with Gasteiger partial charge < -0.3 is 14.6 Å². The lowest BCUT2D eigenvalue weighted by Crippen LogP contribution is -2.21. The number of benzene rings is 1. The van der Waals surface area contributed by atoms with Crippen molar-refractivity contribution >= 4 is 15.9 Å². The first-order valence-electron chi connectivity index (χ1n) is 5.19. The zero-order valence-corrected chi connectivity index (χ0v) is 10.7. The number of nitrogens with zero attached hydrogens (tertiary/aromatic N) is 2. The van der Waals surface area contributed by atoms with Crippen LogP contribution in [0.25, 0.3) is 0 Å². The van der Waals surface area contributed by atoms with E-state index in [-0.39, 0.29) is 0 Å². The van der Waals surface area contributed by atoms with Crippen molar-refractivity contribution in [3.63, 3.8) is 0 Å². The molecule has 1 aromatic heterocycles. The van der Waals surface area contributed by atoms with E-state index in [0.717, 1.165) is 16.8 Å². The van der Waals surface area contributed by atoms with Crippen LogP contribution in [0.5, 0.6) is 5.75 Å². The Bertz CT molecular complexity index is 448. The lowest BCUT2D eigenvalue weighted by Gasteiger charge is -2.06. The minimum Gasteiger partial charge on any atom is -0.492 e. The average Bonchev–Trinajstić information content (AvgIpc) is 2.82. The van der Waals surface area contributed by atoms with Crippen LogP contribution < -0.4 is 10.1 Å². The fourth-order valence-electron chi connectivity index (χ4n) is 1.27. The quantitative estimate of drug-likeness (QED) is 0.827. The maximum atomic E-state index is 5.55. The Labute approximate surface area is 107 Å². The summed E-state index contributed by atoms with van der Waals surface area (Å²) in [6.45, 7) is 1.90. The highest BCUT2D eigenvalue weighted by atomic mass is 79.9. The Morgan fingerprint density at radius 1 is 1.41 bits per heavy atom. The minimum atomic E-state index is 0.582. The number of aromatic nitrogens is 2. The van der Waals surface area contributed by atoms with E-state index < -0.39 is 0 Å². The van der Waals surface area contributed by atoms with E-state index in [4.69, 9.17) is 4.74 Å². The first kappa shape index (κ1) is 12.1. The number of halogens is 1. The molecule has 0 spiro atoms. The lowest BCUT2D eigenvalue weighted by atomic mass is 10.3. The van der Waals surface area contributed by atoms with E-state index in [1.54, 1.807) is 0 Å². The van der Waals surface area contributed by atoms with Gasteiger partial charge in [-0.2, -0.15) is 4.98 Å². The molecule has 0 fully saturated rings. The molecule has 0 radical (unpaired) electrons. The molecule has 1 heterocycles. The monoisotopic (exact) mass is 297 g/mol. The van der Waals surface area contributed by atoms with Crippen molar-refractivity contribution in [3.8, 4) is 5.75 Å². The molecular formula is C11H12BrN3O2. The highest BCUT2D eigenvalue weighted by molar-refractivity contribution is 9.10. The van der Waals surface area contributed by atoms with Gasteiger partial charge >= 0.3 is 0 Å². The Morgan fingerprint density at radius 3 is 3.12 bits per heavy atom. The van der Waals surface area contributed by atoms with Gasteiger partial charge in [-0.15, -0.1) is 0 Å². The van der Waals surface area contributed by atoms with Crippen LogP contribution >= 0.6 is 15.9 Å². The third-order valence-corrected chi connectivity index (χ3v) is 2.53. The molecule has 0 saturated heterocycles. The van der Waals surface area contributed by atoms with Crippen LogP contribution in [0.4, 0.5) is 0 Å². The number of nitrogens with one attached hydrogen (secondary N) is 1. The van der Waals surface area contributed by atoms with Crippen LogP contribution in [0, 0.1) is 0 Å². The minimum absolute atomic E-state index is 0.582. The molecule has 0 atom stereocenters.